The van der Waals surface area contributed by atoms with Crippen LogP contribution in [0.3, 0.4) is 0 Å². The molecule has 170 valence electrons. The Morgan fingerprint density at radius 1 is 1.12 bits per heavy atom. The molecule has 0 unspecified atom stereocenters. The first-order valence-corrected chi connectivity index (χ1v) is 10.5. The fourth-order valence-electron chi connectivity index (χ4n) is 3.58. The molecule has 0 aliphatic carbocycles. The van der Waals surface area contributed by atoms with Crippen molar-refractivity contribution in [3.63, 3.8) is 0 Å². The summed E-state index contributed by atoms with van der Waals surface area (Å²) < 4.78 is 15.1. The second-order valence-corrected chi connectivity index (χ2v) is 7.69. The van der Waals surface area contributed by atoms with Crippen LogP contribution in [0.5, 0.6) is 0 Å². The molecular weight excluding hydrogens is 457 g/mol. The summed E-state index contributed by atoms with van der Waals surface area (Å²) in [5.74, 6) is -0.669. The molecule has 0 fully saturated rings. The van der Waals surface area contributed by atoms with Crippen LogP contribution in [0.15, 0.2) is 78.0 Å². The van der Waals surface area contributed by atoms with Gasteiger partial charge in [0.1, 0.15) is 11.5 Å². The number of thiocarbonyl (C=S) groups is 1. The number of carbonyl (C=O) groups excluding carboxylic acids is 1. The van der Waals surface area contributed by atoms with Crippen molar-refractivity contribution in [1.29, 1.82) is 0 Å². The summed E-state index contributed by atoms with van der Waals surface area (Å²) in [6.07, 6.45) is 3.30. The summed E-state index contributed by atoms with van der Waals surface area (Å²) in [7, 11) is 0. The van der Waals surface area contributed by atoms with Crippen molar-refractivity contribution in [2.24, 2.45) is 5.10 Å². The van der Waals surface area contributed by atoms with Crippen molar-refractivity contribution in [2.75, 3.05) is 5.32 Å². The smallest absolute Gasteiger partial charge is 0.292 e. The summed E-state index contributed by atoms with van der Waals surface area (Å²) in [6, 6.07) is 17.0. The molecule has 4 rings (SSSR count). The zero-order valence-corrected chi connectivity index (χ0v) is 18.7. The monoisotopic (exact) mass is 475 g/mol. The van der Waals surface area contributed by atoms with E-state index in [1.807, 2.05) is 12.1 Å². The molecule has 8 nitrogen and oxygen atoms in total. The number of carbonyl (C=O) groups is 1. The number of aromatic nitrogens is 1. The van der Waals surface area contributed by atoms with Gasteiger partial charge in [-0.15, -0.1) is 0 Å². The van der Waals surface area contributed by atoms with E-state index in [0.717, 1.165) is 5.52 Å². The number of pyridine rings is 1. The number of para-hydroxylation sites is 2. The maximum Gasteiger partial charge on any atom is 0.292 e. The molecule has 0 radical (unpaired) electrons. The van der Waals surface area contributed by atoms with Gasteiger partial charge in [-0.05, 0) is 67.2 Å². The second-order valence-electron chi connectivity index (χ2n) is 7.28. The van der Waals surface area contributed by atoms with Gasteiger partial charge in [0.2, 0.25) is 5.78 Å². The van der Waals surface area contributed by atoms with Gasteiger partial charge in [-0.25, -0.2) is 4.39 Å². The van der Waals surface area contributed by atoms with E-state index in [4.69, 9.17) is 12.2 Å². The number of fused-ring (bicyclic) bond motifs is 1. The first kappa shape index (κ1) is 22.7. The van der Waals surface area contributed by atoms with Crippen LogP contribution in [-0.4, -0.2) is 26.4 Å². The highest BCUT2D eigenvalue weighted by Gasteiger charge is 2.21. The fourth-order valence-corrected chi connectivity index (χ4v) is 3.75. The van der Waals surface area contributed by atoms with Crippen LogP contribution >= 0.6 is 12.2 Å². The molecule has 0 bridgehead atoms. The van der Waals surface area contributed by atoms with Gasteiger partial charge in [0.25, 0.3) is 5.69 Å². The molecule has 4 aromatic rings. The van der Waals surface area contributed by atoms with Crippen molar-refractivity contribution in [3.05, 3.63) is 111 Å². The van der Waals surface area contributed by atoms with Gasteiger partial charge in [0, 0.05) is 23.4 Å². The molecule has 0 aliphatic heterocycles. The highest BCUT2D eigenvalue weighted by molar-refractivity contribution is 7.80. The van der Waals surface area contributed by atoms with Crippen LogP contribution in [0.25, 0.3) is 5.52 Å². The quantitative estimate of drug-likeness (QED) is 0.136. The Bertz CT molecular complexity index is 1450. The Hall–Kier alpha value is -4.44. The van der Waals surface area contributed by atoms with Crippen molar-refractivity contribution in [1.82, 2.24) is 9.83 Å². The van der Waals surface area contributed by atoms with Crippen LogP contribution in [0.1, 0.15) is 27.2 Å². The molecule has 34 heavy (non-hydrogen) atoms. The predicted molar refractivity (Wildman–Crippen MR) is 132 cm³/mol. The number of benzene rings is 2. The predicted octanol–water partition coefficient (Wildman–Crippen LogP) is 4.85. The molecule has 2 aromatic heterocycles. The van der Waals surface area contributed by atoms with E-state index >= 15 is 0 Å². The lowest BCUT2D eigenvalue weighted by molar-refractivity contribution is -0.383. The summed E-state index contributed by atoms with van der Waals surface area (Å²) in [5, 5.41) is 18.1. The normalized spacial score (nSPS) is 11.0. The van der Waals surface area contributed by atoms with E-state index in [-0.39, 0.29) is 22.3 Å². The number of nitro benzene ring substituents is 1. The van der Waals surface area contributed by atoms with E-state index in [1.54, 1.807) is 35.7 Å². The number of rotatable bonds is 6. The number of hydrazone groups is 1. The van der Waals surface area contributed by atoms with Crippen LogP contribution in [0.4, 0.5) is 15.8 Å². The van der Waals surface area contributed by atoms with Crippen molar-refractivity contribution < 1.29 is 14.1 Å². The zero-order chi connectivity index (χ0) is 24.2. The topological polar surface area (TPSA) is 101 Å². The number of halogens is 1. The number of hydrogen-bond donors (Lipinski definition) is 2. The average Bonchev–Trinajstić information content (AvgIpc) is 3.10. The Morgan fingerprint density at radius 3 is 2.56 bits per heavy atom. The van der Waals surface area contributed by atoms with Crippen molar-refractivity contribution in [2.45, 2.75) is 6.92 Å². The Morgan fingerprint density at radius 2 is 1.82 bits per heavy atom. The number of anilines is 1. The SMILES string of the molecule is Cc1c(C=NNC(=S)Nc2ccccc2[N+](=O)[O-])c2ccccn2c1C(=O)c1ccc(F)cc1. The minimum absolute atomic E-state index is 0.0642. The molecule has 10 heteroatoms. The van der Waals surface area contributed by atoms with E-state index in [1.165, 1.54) is 42.6 Å². The molecule has 0 saturated heterocycles. The van der Waals surface area contributed by atoms with Gasteiger partial charge in [0.15, 0.2) is 5.11 Å². The molecule has 2 N–H and O–H groups in total. The molecule has 0 atom stereocenters. The number of nitrogens with zero attached hydrogens (tertiary/aromatic N) is 3. The molecule has 0 saturated carbocycles. The second kappa shape index (κ2) is 9.59. The third-order valence-electron chi connectivity index (χ3n) is 5.17. The number of nitro groups is 1. The highest BCUT2D eigenvalue weighted by atomic mass is 32.1. The third-order valence-corrected chi connectivity index (χ3v) is 5.36. The summed E-state index contributed by atoms with van der Waals surface area (Å²) in [4.78, 5) is 23.8. The lowest BCUT2D eigenvalue weighted by atomic mass is 10.0. The van der Waals surface area contributed by atoms with Gasteiger partial charge in [-0.1, -0.05) is 18.2 Å². The van der Waals surface area contributed by atoms with E-state index in [2.05, 4.69) is 15.8 Å². The first-order chi connectivity index (χ1) is 16.4. The molecule has 2 aromatic carbocycles. The standard InChI is InChI=1S/C24H18FN5O3S/c1-15-18(14-26-28-24(34)27-19-6-2-3-8-21(19)30(32)33)20-7-4-5-13-29(20)22(15)23(31)16-9-11-17(25)12-10-16/h2-14H,1H3,(H2,27,28,34). The lowest BCUT2D eigenvalue weighted by Gasteiger charge is -2.07. The lowest BCUT2D eigenvalue weighted by Crippen LogP contribution is -2.24. The summed E-state index contributed by atoms with van der Waals surface area (Å²) in [6.45, 7) is 1.80. The van der Waals surface area contributed by atoms with Crippen LogP contribution in [0, 0.1) is 22.9 Å². The molecule has 0 aliphatic rings. The van der Waals surface area contributed by atoms with Crippen molar-refractivity contribution in [3.8, 4) is 0 Å². The average molecular weight is 476 g/mol. The van der Waals surface area contributed by atoms with Crippen LogP contribution in [-0.2, 0) is 0 Å². The number of nitrogens with one attached hydrogen (secondary N) is 2. The zero-order valence-electron chi connectivity index (χ0n) is 17.9. The fraction of sp³-hybridized carbons (Fsp3) is 0.0417. The van der Waals surface area contributed by atoms with Gasteiger partial charge in [-0.3, -0.25) is 20.3 Å². The Kier molecular flexibility index (Phi) is 6.42. The van der Waals surface area contributed by atoms with Gasteiger partial charge in [0.05, 0.1) is 22.3 Å². The largest absolute Gasteiger partial charge is 0.326 e. The van der Waals surface area contributed by atoms with Gasteiger partial charge < -0.3 is 9.72 Å². The van der Waals surface area contributed by atoms with Crippen LogP contribution in [0.2, 0.25) is 0 Å². The third kappa shape index (κ3) is 4.52. The maximum absolute atomic E-state index is 13.3. The maximum atomic E-state index is 13.3. The Balaban J connectivity index is 1.60. The highest BCUT2D eigenvalue weighted by Crippen LogP contribution is 2.25. The minimum Gasteiger partial charge on any atom is -0.326 e. The summed E-state index contributed by atoms with van der Waals surface area (Å²) in [5.41, 5.74) is 5.68. The first-order valence-electron chi connectivity index (χ1n) is 10.1. The van der Waals surface area contributed by atoms with E-state index < -0.39 is 10.7 Å². The van der Waals surface area contributed by atoms with Gasteiger partial charge >= 0.3 is 0 Å². The molecule has 0 amide bonds. The summed E-state index contributed by atoms with van der Waals surface area (Å²) >= 11 is 5.20. The van der Waals surface area contributed by atoms with Crippen LogP contribution < -0.4 is 10.7 Å². The van der Waals surface area contributed by atoms with Crippen molar-refractivity contribution >= 4 is 46.2 Å². The van der Waals surface area contributed by atoms with Gasteiger partial charge in [-0.2, -0.15) is 5.10 Å². The van der Waals surface area contributed by atoms with E-state index in [9.17, 15) is 19.3 Å². The number of hydrogen-bond acceptors (Lipinski definition) is 5. The number of ketones is 1. The Labute approximate surface area is 198 Å². The van der Waals surface area contributed by atoms with E-state index in [0.29, 0.717) is 22.4 Å². The minimum atomic E-state index is -0.509. The molecule has 2 heterocycles. The molecule has 0 spiro atoms. The molecular formula is C24H18FN5O3S.